The van der Waals surface area contributed by atoms with E-state index in [2.05, 4.69) is 45.0 Å². The van der Waals surface area contributed by atoms with E-state index in [0.717, 1.165) is 10.4 Å². The second-order valence-electron chi connectivity index (χ2n) is 8.78. The van der Waals surface area contributed by atoms with Crippen LogP contribution in [0.25, 0.3) is 0 Å². The number of ether oxygens (including phenoxy) is 1. The second kappa shape index (κ2) is 9.73. The van der Waals surface area contributed by atoms with Crippen LogP contribution in [0, 0.1) is 0 Å². The van der Waals surface area contributed by atoms with Crippen molar-refractivity contribution in [1.82, 2.24) is 0 Å². The molecule has 1 aliphatic heterocycles. The van der Waals surface area contributed by atoms with Gasteiger partial charge in [-0.2, -0.15) is 0 Å². The van der Waals surface area contributed by atoms with E-state index in [4.69, 9.17) is 9.16 Å². The van der Waals surface area contributed by atoms with Crippen LogP contribution in [-0.2, 0) is 14.0 Å². The number of rotatable bonds is 5. The molecule has 0 radical (unpaired) electrons. The van der Waals surface area contributed by atoms with Gasteiger partial charge in [0.1, 0.15) is 6.10 Å². The Morgan fingerprint density at radius 2 is 1.57 bits per heavy atom. The third-order valence-corrected chi connectivity index (χ3v) is 10.7. The Labute approximate surface area is 180 Å². The number of carbonyl (C=O) groups excluding carboxylic acids is 1. The maximum Gasteiger partial charge on any atom is 0.306 e. The zero-order valence-electron chi connectivity index (χ0n) is 18.1. The fraction of sp³-hybridized carbons (Fsp3) is 0.400. The van der Waals surface area contributed by atoms with Crippen LogP contribution in [0.1, 0.15) is 40.0 Å². The minimum Gasteiger partial charge on any atom is -0.457 e. The minimum absolute atomic E-state index is 0.193. The van der Waals surface area contributed by atoms with Gasteiger partial charge in [-0.1, -0.05) is 93.6 Å². The molecule has 4 nitrogen and oxygen atoms in total. The molecule has 2 aromatic carbocycles. The SMILES string of the molecule is CC(C)(C)[Si](O[C@H]1C/C=C\CCC(=O)O[C@@H]1CO)(c1ccccc1)c1ccccc1. The highest BCUT2D eigenvalue weighted by atomic mass is 28.4. The van der Waals surface area contributed by atoms with Crippen molar-refractivity contribution < 1.29 is 19.1 Å². The maximum atomic E-state index is 12.2. The van der Waals surface area contributed by atoms with Crippen LogP contribution in [0.4, 0.5) is 0 Å². The summed E-state index contributed by atoms with van der Waals surface area (Å²) in [6, 6.07) is 20.7. The predicted octanol–water partition coefficient (Wildman–Crippen LogP) is 3.58. The van der Waals surface area contributed by atoms with Crippen molar-refractivity contribution >= 4 is 24.7 Å². The summed E-state index contributed by atoms with van der Waals surface area (Å²) in [7, 11) is -2.81. The minimum atomic E-state index is -2.81. The number of benzene rings is 2. The lowest BCUT2D eigenvalue weighted by Crippen LogP contribution is -2.68. The lowest BCUT2D eigenvalue weighted by atomic mass is 10.1. The Bertz CT molecular complexity index is 803. The molecule has 2 aromatic rings. The molecule has 1 heterocycles. The Balaban J connectivity index is 2.15. The lowest BCUT2D eigenvalue weighted by Gasteiger charge is -2.46. The highest BCUT2D eigenvalue weighted by molar-refractivity contribution is 6.99. The van der Waals surface area contributed by atoms with Gasteiger partial charge in [0, 0.05) is 6.42 Å². The van der Waals surface area contributed by atoms with Crippen molar-refractivity contribution in [1.29, 1.82) is 0 Å². The molecule has 0 unspecified atom stereocenters. The first-order chi connectivity index (χ1) is 14.4. The van der Waals surface area contributed by atoms with E-state index in [1.54, 1.807) is 0 Å². The maximum absolute atomic E-state index is 12.2. The molecule has 0 aromatic heterocycles. The number of hydrogen-bond donors (Lipinski definition) is 1. The Morgan fingerprint density at radius 1 is 1.00 bits per heavy atom. The number of cyclic esters (lactones) is 1. The van der Waals surface area contributed by atoms with Gasteiger partial charge < -0.3 is 14.3 Å². The molecule has 3 rings (SSSR count). The van der Waals surface area contributed by atoms with Gasteiger partial charge >= 0.3 is 5.97 Å². The third-order valence-electron chi connectivity index (χ3n) is 5.67. The predicted molar refractivity (Wildman–Crippen MR) is 122 cm³/mol. The van der Waals surface area contributed by atoms with Crippen molar-refractivity contribution in [3.05, 3.63) is 72.8 Å². The summed E-state index contributed by atoms with van der Waals surface area (Å²) in [5.41, 5.74) is 0. The average molecular weight is 425 g/mol. The van der Waals surface area contributed by atoms with Gasteiger partial charge in [0.05, 0.1) is 12.7 Å². The largest absolute Gasteiger partial charge is 0.457 e. The zero-order valence-corrected chi connectivity index (χ0v) is 19.1. The summed E-state index contributed by atoms with van der Waals surface area (Å²) >= 11 is 0. The molecule has 2 atom stereocenters. The smallest absolute Gasteiger partial charge is 0.306 e. The fourth-order valence-electron chi connectivity index (χ4n) is 4.20. The van der Waals surface area contributed by atoms with Gasteiger partial charge in [0.25, 0.3) is 8.32 Å². The molecule has 1 aliphatic rings. The van der Waals surface area contributed by atoms with Crippen molar-refractivity contribution in [3.8, 4) is 0 Å². The lowest BCUT2D eigenvalue weighted by molar-refractivity contribution is -0.156. The fourth-order valence-corrected chi connectivity index (χ4v) is 8.92. The first-order valence-electron chi connectivity index (χ1n) is 10.6. The van der Waals surface area contributed by atoms with Crippen LogP contribution in [-0.4, -0.2) is 38.2 Å². The van der Waals surface area contributed by atoms with Crippen LogP contribution in [0.2, 0.25) is 5.04 Å². The van der Waals surface area contributed by atoms with Gasteiger partial charge in [0.2, 0.25) is 0 Å². The van der Waals surface area contributed by atoms with Gasteiger partial charge in [0.15, 0.2) is 0 Å². The second-order valence-corrected chi connectivity index (χ2v) is 13.0. The van der Waals surface area contributed by atoms with Crippen molar-refractivity contribution in [2.75, 3.05) is 6.61 Å². The number of esters is 1. The Morgan fingerprint density at radius 3 is 2.07 bits per heavy atom. The van der Waals surface area contributed by atoms with E-state index in [0.29, 0.717) is 19.3 Å². The monoisotopic (exact) mass is 424 g/mol. The average Bonchev–Trinajstić information content (AvgIpc) is 2.82. The molecule has 0 aliphatic carbocycles. The first-order valence-corrected chi connectivity index (χ1v) is 12.5. The molecule has 5 heteroatoms. The summed E-state index contributed by atoms with van der Waals surface area (Å²) in [6.45, 7) is 6.38. The topological polar surface area (TPSA) is 55.8 Å². The van der Waals surface area contributed by atoms with E-state index in [-0.39, 0.29) is 17.6 Å². The molecule has 30 heavy (non-hydrogen) atoms. The molecule has 0 spiro atoms. The summed E-state index contributed by atoms with van der Waals surface area (Å²) in [5.74, 6) is -0.295. The summed E-state index contributed by atoms with van der Waals surface area (Å²) in [4.78, 5) is 12.2. The molecular weight excluding hydrogens is 392 g/mol. The number of hydrogen-bond acceptors (Lipinski definition) is 4. The molecule has 160 valence electrons. The van der Waals surface area contributed by atoms with Crippen LogP contribution in [0.3, 0.4) is 0 Å². The van der Waals surface area contributed by atoms with Gasteiger partial charge in [-0.15, -0.1) is 0 Å². The molecule has 1 N–H and O–H groups in total. The van der Waals surface area contributed by atoms with Crippen molar-refractivity contribution in [3.63, 3.8) is 0 Å². The highest BCUT2D eigenvalue weighted by Gasteiger charge is 2.52. The van der Waals surface area contributed by atoms with E-state index in [1.165, 1.54) is 0 Å². The zero-order chi connectivity index (χ0) is 21.6. The van der Waals surface area contributed by atoms with E-state index in [1.807, 2.05) is 48.6 Å². The summed E-state index contributed by atoms with van der Waals surface area (Å²) in [6.07, 6.45) is 4.47. The number of aliphatic hydroxyl groups excluding tert-OH is 1. The van der Waals surface area contributed by atoms with Gasteiger partial charge in [-0.05, 0) is 28.3 Å². The summed E-state index contributed by atoms with van der Waals surface area (Å²) < 4.78 is 12.7. The van der Waals surface area contributed by atoms with Crippen LogP contribution >= 0.6 is 0 Å². The molecule has 0 saturated carbocycles. The number of aliphatic hydroxyl groups is 1. The van der Waals surface area contributed by atoms with Crippen LogP contribution < -0.4 is 10.4 Å². The van der Waals surface area contributed by atoms with Crippen molar-refractivity contribution in [2.45, 2.75) is 57.3 Å². The van der Waals surface area contributed by atoms with E-state index < -0.39 is 20.5 Å². The number of allylic oxidation sites excluding steroid dienone is 1. The van der Waals surface area contributed by atoms with Gasteiger partial charge in [-0.25, -0.2) is 0 Å². The quantitative estimate of drug-likeness (QED) is 0.453. The molecule has 0 fully saturated rings. The molecule has 0 bridgehead atoms. The molecule has 0 saturated heterocycles. The molecular formula is C25H32O4Si. The Hall–Kier alpha value is -2.21. The normalized spacial score (nSPS) is 21.8. The highest BCUT2D eigenvalue weighted by Crippen LogP contribution is 2.38. The number of carbonyl (C=O) groups is 1. The van der Waals surface area contributed by atoms with Crippen LogP contribution in [0.5, 0.6) is 0 Å². The van der Waals surface area contributed by atoms with E-state index >= 15 is 0 Å². The first kappa shape index (κ1) is 22.5. The Kier molecular flexibility index (Phi) is 7.29. The van der Waals surface area contributed by atoms with Crippen molar-refractivity contribution in [2.24, 2.45) is 0 Å². The standard InChI is InChI=1S/C25H32O4Si/c1-25(2,3)30(20-13-7-4-8-14-20,21-15-9-5-10-16-21)29-22-17-11-6-12-18-24(27)28-23(22)19-26/h4-11,13-16,22-23,26H,12,17-19H2,1-3H3/b11-6-/t22-,23+/m0/s1. The van der Waals surface area contributed by atoms with Gasteiger partial charge in [-0.3, -0.25) is 4.79 Å². The third kappa shape index (κ3) is 4.74. The summed E-state index contributed by atoms with van der Waals surface area (Å²) in [5, 5.41) is 12.2. The molecule has 0 amide bonds. The van der Waals surface area contributed by atoms with Crippen LogP contribution in [0.15, 0.2) is 72.8 Å². The van der Waals surface area contributed by atoms with E-state index in [9.17, 15) is 9.90 Å².